The fourth-order valence-electron chi connectivity index (χ4n) is 2.24. The quantitative estimate of drug-likeness (QED) is 0.900. The summed E-state index contributed by atoms with van der Waals surface area (Å²) in [6, 6.07) is 6.02. The van der Waals surface area contributed by atoms with E-state index in [-0.39, 0.29) is 0 Å². The van der Waals surface area contributed by atoms with Gasteiger partial charge in [-0.15, -0.1) is 0 Å². The van der Waals surface area contributed by atoms with E-state index in [0.717, 1.165) is 41.0 Å². The molecule has 2 rings (SSSR count). The minimum atomic E-state index is 0.423. The Labute approximate surface area is 119 Å². The molecule has 0 spiro atoms. The number of nitrogens with zero attached hydrogens (tertiary/aromatic N) is 1. The number of aromatic nitrogens is 1. The van der Waals surface area contributed by atoms with Gasteiger partial charge in [-0.1, -0.05) is 37.1 Å². The van der Waals surface area contributed by atoms with Crippen molar-refractivity contribution in [3.05, 3.63) is 29.5 Å². The van der Waals surface area contributed by atoms with Crippen molar-refractivity contribution in [1.29, 1.82) is 0 Å². The van der Waals surface area contributed by atoms with Crippen LogP contribution in [0.1, 0.15) is 31.6 Å². The molecule has 2 aromatic rings. The van der Waals surface area contributed by atoms with E-state index in [4.69, 9.17) is 15.0 Å². The van der Waals surface area contributed by atoms with Crippen LogP contribution in [0.5, 0.6) is 5.75 Å². The second kappa shape index (κ2) is 5.99. The molecule has 0 amide bonds. The highest BCUT2D eigenvalue weighted by atomic mass is 16.5. The number of nitrogen functional groups attached to an aromatic ring is 1. The van der Waals surface area contributed by atoms with Crippen LogP contribution in [0.15, 0.2) is 22.7 Å². The Balaban J connectivity index is 2.52. The first-order valence-corrected chi connectivity index (χ1v) is 6.95. The number of methoxy groups -OCH3 is 1. The number of hydrogen-bond donors (Lipinski definition) is 1. The third-order valence-electron chi connectivity index (χ3n) is 3.64. The molecule has 4 nitrogen and oxygen atoms in total. The lowest BCUT2D eigenvalue weighted by molar-refractivity contribution is 0.364. The summed E-state index contributed by atoms with van der Waals surface area (Å²) in [7, 11) is 1.66. The number of anilines is 1. The maximum atomic E-state index is 6.00. The van der Waals surface area contributed by atoms with Crippen molar-refractivity contribution in [3.8, 4) is 16.9 Å². The maximum Gasteiger partial charge on any atom is 0.175 e. The molecule has 4 heteroatoms. The maximum absolute atomic E-state index is 6.00. The van der Waals surface area contributed by atoms with Crippen molar-refractivity contribution in [2.45, 2.75) is 33.6 Å². The summed E-state index contributed by atoms with van der Waals surface area (Å²) < 4.78 is 10.9. The lowest BCUT2D eigenvalue weighted by Gasteiger charge is -2.11. The van der Waals surface area contributed by atoms with E-state index in [0.29, 0.717) is 11.7 Å². The van der Waals surface area contributed by atoms with E-state index in [9.17, 15) is 0 Å². The van der Waals surface area contributed by atoms with Gasteiger partial charge in [0.05, 0.1) is 12.7 Å². The van der Waals surface area contributed by atoms with Crippen molar-refractivity contribution < 1.29 is 9.26 Å². The second-order valence-corrected chi connectivity index (χ2v) is 5.29. The zero-order valence-electron chi connectivity index (χ0n) is 12.6. The molecule has 0 saturated heterocycles. The minimum Gasteiger partial charge on any atom is -0.496 e. The van der Waals surface area contributed by atoms with Crippen molar-refractivity contribution in [1.82, 2.24) is 5.16 Å². The van der Waals surface area contributed by atoms with E-state index < -0.39 is 0 Å². The van der Waals surface area contributed by atoms with Gasteiger partial charge in [-0.05, 0) is 25.0 Å². The summed E-state index contributed by atoms with van der Waals surface area (Å²) in [5.41, 5.74) is 8.97. The summed E-state index contributed by atoms with van der Waals surface area (Å²) in [5.74, 6) is 2.57. The Hall–Kier alpha value is -1.97. The normalized spacial score (nSPS) is 12.4. The number of aryl methyl sites for hydroxylation is 1. The highest BCUT2D eigenvalue weighted by Gasteiger charge is 2.20. The van der Waals surface area contributed by atoms with Crippen molar-refractivity contribution in [3.63, 3.8) is 0 Å². The van der Waals surface area contributed by atoms with Crippen LogP contribution in [-0.2, 0) is 6.42 Å². The summed E-state index contributed by atoms with van der Waals surface area (Å²) in [4.78, 5) is 0. The number of ether oxygens (including phenoxy) is 1. The molecule has 0 aliphatic heterocycles. The lowest BCUT2D eigenvalue weighted by Crippen LogP contribution is -2.00. The molecule has 1 aromatic carbocycles. The van der Waals surface area contributed by atoms with Crippen LogP contribution in [0.25, 0.3) is 11.1 Å². The van der Waals surface area contributed by atoms with Crippen LogP contribution in [0, 0.1) is 12.8 Å². The molecule has 1 heterocycles. The van der Waals surface area contributed by atoms with Gasteiger partial charge in [0.1, 0.15) is 11.5 Å². The number of benzene rings is 1. The van der Waals surface area contributed by atoms with Crippen LogP contribution < -0.4 is 10.5 Å². The zero-order valence-corrected chi connectivity index (χ0v) is 12.6. The van der Waals surface area contributed by atoms with Crippen LogP contribution in [-0.4, -0.2) is 12.3 Å². The van der Waals surface area contributed by atoms with Crippen molar-refractivity contribution in [2.24, 2.45) is 5.92 Å². The molecular weight excluding hydrogens is 252 g/mol. The molecule has 1 atom stereocenters. The van der Waals surface area contributed by atoms with E-state index >= 15 is 0 Å². The monoisotopic (exact) mass is 274 g/mol. The highest BCUT2D eigenvalue weighted by Crippen LogP contribution is 2.37. The topological polar surface area (TPSA) is 61.3 Å². The number of nitrogens with two attached hydrogens (primary N) is 1. The van der Waals surface area contributed by atoms with Crippen LogP contribution in [0.4, 0.5) is 5.82 Å². The first-order valence-electron chi connectivity index (χ1n) is 6.95. The predicted octanol–water partition coefficient (Wildman–Crippen LogP) is 3.83. The molecule has 0 bridgehead atoms. The van der Waals surface area contributed by atoms with Gasteiger partial charge in [-0.2, -0.15) is 0 Å². The van der Waals surface area contributed by atoms with Crippen LogP contribution in [0.2, 0.25) is 0 Å². The van der Waals surface area contributed by atoms with Crippen LogP contribution >= 0.6 is 0 Å². The summed E-state index contributed by atoms with van der Waals surface area (Å²) in [6.45, 7) is 6.40. The number of hydrogen-bond acceptors (Lipinski definition) is 4. The second-order valence-electron chi connectivity index (χ2n) is 5.29. The summed E-state index contributed by atoms with van der Waals surface area (Å²) >= 11 is 0. The average molecular weight is 274 g/mol. The first-order chi connectivity index (χ1) is 9.56. The van der Waals surface area contributed by atoms with Crippen molar-refractivity contribution in [2.75, 3.05) is 12.8 Å². The average Bonchev–Trinajstić information content (AvgIpc) is 2.79. The Morgan fingerprint density at radius 1 is 1.40 bits per heavy atom. The van der Waals surface area contributed by atoms with Gasteiger partial charge in [0, 0.05) is 12.0 Å². The Kier molecular flexibility index (Phi) is 4.32. The largest absolute Gasteiger partial charge is 0.496 e. The Morgan fingerprint density at radius 3 is 2.80 bits per heavy atom. The molecule has 20 heavy (non-hydrogen) atoms. The SMILES string of the molecule is CCC(C)Cc1onc(N)c1-c1cc(C)ccc1OC. The van der Waals surface area contributed by atoms with Gasteiger partial charge in [0.15, 0.2) is 5.82 Å². The van der Waals surface area contributed by atoms with E-state index in [1.165, 1.54) is 0 Å². The van der Waals surface area contributed by atoms with Crippen LogP contribution in [0.3, 0.4) is 0 Å². The van der Waals surface area contributed by atoms with Gasteiger partial charge in [0.2, 0.25) is 0 Å². The highest BCUT2D eigenvalue weighted by molar-refractivity contribution is 5.80. The number of rotatable bonds is 5. The van der Waals surface area contributed by atoms with Crippen molar-refractivity contribution >= 4 is 5.82 Å². The molecule has 0 saturated carbocycles. The lowest BCUT2D eigenvalue weighted by atomic mass is 9.96. The third kappa shape index (κ3) is 2.79. The zero-order chi connectivity index (χ0) is 14.7. The standard InChI is InChI=1S/C16H22N2O2/c1-5-10(2)9-14-15(16(17)18-20-14)12-8-11(3)6-7-13(12)19-4/h6-8,10H,5,9H2,1-4H3,(H2,17,18). The first kappa shape index (κ1) is 14.4. The molecule has 0 aliphatic carbocycles. The van der Waals surface area contributed by atoms with Gasteiger partial charge in [0.25, 0.3) is 0 Å². The minimum absolute atomic E-state index is 0.423. The third-order valence-corrected chi connectivity index (χ3v) is 3.64. The fourth-order valence-corrected chi connectivity index (χ4v) is 2.24. The molecule has 1 aromatic heterocycles. The predicted molar refractivity (Wildman–Crippen MR) is 80.8 cm³/mol. The smallest absolute Gasteiger partial charge is 0.175 e. The van der Waals surface area contributed by atoms with Gasteiger partial charge in [-0.3, -0.25) is 0 Å². The summed E-state index contributed by atoms with van der Waals surface area (Å²) in [5, 5.41) is 3.93. The molecular formula is C16H22N2O2. The molecule has 1 unspecified atom stereocenters. The van der Waals surface area contributed by atoms with E-state index in [1.807, 2.05) is 19.1 Å². The molecule has 0 aliphatic rings. The van der Waals surface area contributed by atoms with Gasteiger partial charge in [-0.25, -0.2) is 0 Å². The summed E-state index contributed by atoms with van der Waals surface area (Å²) in [6.07, 6.45) is 1.91. The molecule has 0 fully saturated rings. The van der Waals surface area contributed by atoms with Gasteiger partial charge < -0.3 is 15.0 Å². The molecule has 108 valence electrons. The Morgan fingerprint density at radius 2 is 2.15 bits per heavy atom. The molecule has 0 radical (unpaired) electrons. The fraction of sp³-hybridized carbons (Fsp3) is 0.438. The van der Waals surface area contributed by atoms with Gasteiger partial charge >= 0.3 is 0 Å². The van der Waals surface area contributed by atoms with E-state index in [1.54, 1.807) is 7.11 Å². The van der Waals surface area contributed by atoms with E-state index in [2.05, 4.69) is 25.1 Å². The Bertz CT molecular complexity index is 590. The molecule has 2 N–H and O–H groups in total.